The van der Waals surface area contributed by atoms with Crippen molar-refractivity contribution in [3.63, 3.8) is 0 Å². The van der Waals surface area contributed by atoms with Gasteiger partial charge in [-0.25, -0.2) is 0 Å². The molecule has 0 unspecified atom stereocenters. The summed E-state index contributed by atoms with van der Waals surface area (Å²) in [5.41, 5.74) is 0.654. The van der Waals surface area contributed by atoms with Crippen molar-refractivity contribution in [3.8, 4) is 17.6 Å². The van der Waals surface area contributed by atoms with E-state index in [1.807, 2.05) is 6.07 Å². The minimum absolute atomic E-state index is 0.0842. The predicted octanol–water partition coefficient (Wildman–Crippen LogP) is 2.18. The fourth-order valence-corrected chi connectivity index (χ4v) is 2.79. The maximum Gasteiger partial charge on any atom is 0.254 e. The van der Waals surface area contributed by atoms with Crippen LogP contribution in [0.5, 0.6) is 11.5 Å². The van der Waals surface area contributed by atoms with Crippen molar-refractivity contribution in [1.29, 1.82) is 5.26 Å². The molecular weight excluding hydrogens is 344 g/mol. The first-order chi connectivity index (χ1) is 12.0. The van der Waals surface area contributed by atoms with Crippen molar-refractivity contribution >= 4 is 17.5 Å². The summed E-state index contributed by atoms with van der Waals surface area (Å²) in [7, 11) is 0. The van der Waals surface area contributed by atoms with E-state index in [0.29, 0.717) is 22.1 Å². The summed E-state index contributed by atoms with van der Waals surface area (Å²) in [5.74, 6) is 0.422. The highest BCUT2D eigenvalue weighted by molar-refractivity contribution is 6.30. The molecule has 128 valence electrons. The van der Waals surface area contributed by atoms with E-state index < -0.39 is 12.2 Å². The Kier molecular flexibility index (Phi) is 4.91. The van der Waals surface area contributed by atoms with Gasteiger partial charge >= 0.3 is 0 Å². The molecule has 0 bridgehead atoms. The lowest BCUT2D eigenvalue weighted by atomic mass is 10.2. The summed E-state index contributed by atoms with van der Waals surface area (Å²) >= 11 is 5.86. The van der Waals surface area contributed by atoms with Crippen LogP contribution in [-0.2, 0) is 0 Å². The van der Waals surface area contributed by atoms with E-state index in [9.17, 15) is 15.0 Å². The van der Waals surface area contributed by atoms with Crippen molar-refractivity contribution in [2.45, 2.75) is 12.2 Å². The van der Waals surface area contributed by atoms with Crippen molar-refractivity contribution in [3.05, 3.63) is 58.6 Å². The molecule has 1 saturated heterocycles. The lowest BCUT2D eigenvalue weighted by Crippen LogP contribution is -2.29. The molecule has 1 aliphatic rings. The highest BCUT2D eigenvalue weighted by atomic mass is 35.5. The zero-order valence-electron chi connectivity index (χ0n) is 13.1. The Morgan fingerprint density at radius 3 is 2.60 bits per heavy atom. The Hall–Kier alpha value is -2.59. The van der Waals surface area contributed by atoms with Crippen LogP contribution in [0, 0.1) is 11.3 Å². The number of benzene rings is 2. The topological polar surface area (TPSA) is 93.8 Å². The molecule has 1 heterocycles. The van der Waals surface area contributed by atoms with Gasteiger partial charge in [0, 0.05) is 23.7 Å². The molecule has 7 heteroatoms. The normalized spacial score (nSPS) is 19.5. The first-order valence-corrected chi connectivity index (χ1v) is 7.98. The number of β-amino-alcohol motifs (C(OH)–C–C–N with tert-alkyl or cyclic N) is 2. The Morgan fingerprint density at radius 2 is 1.92 bits per heavy atom. The second-order valence-corrected chi connectivity index (χ2v) is 6.16. The van der Waals surface area contributed by atoms with Crippen molar-refractivity contribution in [2.75, 3.05) is 13.1 Å². The molecule has 0 aromatic heterocycles. The van der Waals surface area contributed by atoms with Gasteiger partial charge in [0.15, 0.2) is 0 Å². The molecule has 2 aromatic carbocycles. The predicted molar refractivity (Wildman–Crippen MR) is 90.6 cm³/mol. The van der Waals surface area contributed by atoms with Crippen LogP contribution < -0.4 is 4.74 Å². The summed E-state index contributed by atoms with van der Waals surface area (Å²) in [6, 6.07) is 13.2. The second kappa shape index (κ2) is 7.11. The van der Waals surface area contributed by atoms with Gasteiger partial charge in [-0.2, -0.15) is 5.26 Å². The van der Waals surface area contributed by atoms with E-state index in [4.69, 9.17) is 21.6 Å². The molecule has 0 saturated carbocycles. The third-order valence-corrected chi connectivity index (χ3v) is 4.15. The zero-order chi connectivity index (χ0) is 18.0. The van der Waals surface area contributed by atoms with Crippen LogP contribution in [0.1, 0.15) is 15.9 Å². The molecule has 3 rings (SSSR count). The number of rotatable bonds is 3. The van der Waals surface area contributed by atoms with Gasteiger partial charge in [-0.05, 0) is 36.4 Å². The fraction of sp³-hybridized carbons (Fsp3) is 0.222. The first-order valence-electron chi connectivity index (χ1n) is 7.61. The highest BCUT2D eigenvalue weighted by Gasteiger charge is 2.33. The Morgan fingerprint density at radius 1 is 1.20 bits per heavy atom. The summed E-state index contributed by atoms with van der Waals surface area (Å²) in [6.45, 7) is 0.168. The minimum atomic E-state index is -0.935. The van der Waals surface area contributed by atoms with Crippen LogP contribution in [0.15, 0.2) is 42.5 Å². The number of halogens is 1. The minimum Gasteiger partial charge on any atom is -0.456 e. The summed E-state index contributed by atoms with van der Waals surface area (Å²) in [6.07, 6.45) is -1.87. The number of hydrogen-bond acceptors (Lipinski definition) is 5. The number of carbonyl (C=O) groups excluding carboxylic acids is 1. The molecule has 0 aliphatic carbocycles. The van der Waals surface area contributed by atoms with Crippen molar-refractivity contribution < 1.29 is 19.7 Å². The summed E-state index contributed by atoms with van der Waals surface area (Å²) < 4.78 is 5.70. The quantitative estimate of drug-likeness (QED) is 0.877. The van der Waals surface area contributed by atoms with E-state index in [0.717, 1.165) is 0 Å². The smallest absolute Gasteiger partial charge is 0.254 e. The lowest BCUT2D eigenvalue weighted by molar-refractivity contribution is 0.0572. The number of ether oxygens (including phenoxy) is 1. The first kappa shape index (κ1) is 17.2. The number of aliphatic hydroxyl groups excluding tert-OH is 2. The second-order valence-electron chi connectivity index (χ2n) is 5.73. The molecule has 2 aromatic rings. The van der Waals surface area contributed by atoms with Crippen LogP contribution in [0.4, 0.5) is 0 Å². The number of nitrogens with zero attached hydrogens (tertiary/aromatic N) is 2. The Labute approximate surface area is 149 Å². The van der Waals surface area contributed by atoms with Crippen LogP contribution in [-0.4, -0.2) is 46.3 Å². The van der Waals surface area contributed by atoms with E-state index in [2.05, 4.69) is 0 Å². The number of likely N-dealkylation sites (tertiary alicyclic amines) is 1. The van der Waals surface area contributed by atoms with Gasteiger partial charge in [0.05, 0.1) is 17.8 Å². The highest BCUT2D eigenvalue weighted by Crippen LogP contribution is 2.28. The van der Waals surface area contributed by atoms with Gasteiger partial charge in [-0.15, -0.1) is 0 Å². The molecule has 1 aliphatic heterocycles. The fourth-order valence-electron chi connectivity index (χ4n) is 2.62. The lowest BCUT2D eigenvalue weighted by Gasteiger charge is -2.16. The van der Waals surface area contributed by atoms with Gasteiger partial charge in [-0.1, -0.05) is 17.7 Å². The molecule has 1 amide bonds. The average molecular weight is 359 g/mol. The molecule has 2 N–H and O–H groups in total. The maximum atomic E-state index is 12.5. The van der Waals surface area contributed by atoms with Crippen LogP contribution in [0.3, 0.4) is 0 Å². The molecular formula is C18H15ClN2O4. The Balaban J connectivity index is 1.81. The molecule has 1 fully saturated rings. The summed E-state index contributed by atoms with van der Waals surface area (Å²) in [5, 5.41) is 28.8. The van der Waals surface area contributed by atoms with Crippen LogP contribution in [0.25, 0.3) is 0 Å². The van der Waals surface area contributed by atoms with Gasteiger partial charge < -0.3 is 19.8 Å². The number of amides is 1. The van der Waals surface area contributed by atoms with E-state index >= 15 is 0 Å². The third kappa shape index (κ3) is 3.74. The van der Waals surface area contributed by atoms with Crippen LogP contribution >= 0.6 is 11.6 Å². The monoisotopic (exact) mass is 358 g/mol. The molecule has 2 atom stereocenters. The third-order valence-electron chi connectivity index (χ3n) is 3.92. The number of hydrogen-bond donors (Lipinski definition) is 2. The largest absolute Gasteiger partial charge is 0.456 e. The van der Waals surface area contributed by atoms with Gasteiger partial charge in [-0.3, -0.25) is 4.79 Å². The SMILES string of the molecule is N#Cc1cc(Cl)ccc1Oc1cccc(C(=O)N2C[C@@H](O)[C@H](O)C2)c1. The van der Waals surface area contributed by atoms with Gasteiger partial charge in [0.25, 0.3) is 5.91 Å². The van der Waals surface area contributed by atoms with Crippen molar-refractivity contribution in [2.24, 2.45) is 0 Å². The van der Waals surface area contributed by atoms with E-state index in [1.54, 1.807) is 36.4 Å². The maximum absolute atomic E-state index is 12.5. The molecule has 6 nitrogen and oxygen atoms in total. The van der Waals surface area contributed by atoms with Gasteiger partial charge in [0.1, 0.15) is 17.6 Å². The molecule has 25 heavy (non-hydrogen) atoms. The number of aliphatic hydroxyl groups is 2. The van der Waals surface area contributed by atoms with Crippen LogP contribution in [0.2, 0.25) is 5.02 Å². The standard InChI is InChI=1S/C18H15ClN2O4/c19-13-4-5-17(12(6-13)8-20)25-14-3-1-2-11(7-14)18(24)21-9-15(22)16(23)10-21/h1-7,15-16,22-23H,9-10H2/t15-,16-/m1/s1. The number of carbonyl (C=O) groups is 1. The zero-order valence-corrected chi connectivity index (χ0v) is 13.8. The van der Waals surface area contributed by atoms with E-state index in [-0.39, 0.29) is 24.6 Å². The van der Waals surface area contributed by atoms with Crippen molar-refractivity contribution in [1.82, 2.24) is 4.90 Å². The average Bonchev–Trinajstić information content (AvgIpc) is 2.95. The van der Waals surface area contributed by atoms with Gasteiger partial charge in [0.2, 0.25) is 0 Å². The number of nitriles is 1. The van der Waals surface area contributed by atoms with E-state index in [1.165, 1.54) is 11.0 Å². The molecule has 0 spiro atoms. The molecule has 0 radical (unpaired) electrons. The Bertz CT molecular complexity index is 839. The summed E-state index contributed by atoms with van der Waals surface area (Å²) in [4.78, 5) is 13.9.